The second-order valence-electron chi connectivity index (χ2n) is 4.35. The van der Waals surface area contributed by atoms with E-state index in [1.165, 1.54) is 24.3 Å². The van der Waals surface area contributed by atoms with E-state index in [0.29, 0.717) is 25.0 Å². The first-order valence-electron chi connectivity index (χ1n) is 5.82. The molecule has 1 saturated heterocycles. The highest BCUT2D eigenvalue weighted by Gasteiger charge is 2.32. The standard InChI is InChI=1S/C13H14F2O3/c14-12(15)9-5-3-8(4-6-9)11-10(13(16)17)2-1-7-18-11/h3-6,10-12H,1-2,7H2,(H,16,17). The Morgan fingerprint density at radius 1 is 1.33 bits per heavy atom. The molecule has 1 aromatic carbocycles. The van der Waals surface area contributed by atoms with Crippen molar-refractivity contribution in [1.82, 2.24) is 0 Å². The normalized spacial score (nSPS) is 24.2. The number of halogens is 2. The Kier molecular flexibility index (Phi) is 3.91. The van der Waals surface area contributed by atoms with Crippen molar-refractivity contribution in [1.29, 1.82) is 0 Å². The van der Waals surface area contributed by atoms with Gasteiger partial charge in [0.25, 0.3) is 6.43 Å². The van der Waals surface area contributed by atoms with Gasteiger partial charge in [-0.05, 0) is 18.4 Å². The van der Waals surface area contributed by atoms with Gasteiger partial charge in [-0.15, -0.1) is 0 Å². The fourth-order valence-electron chi connectivity index (χ4n) is 2.19. The number of hydrogen-bond acceptors (Lipinski definition) is 2. The van der Waals surface area contributed by atoms with Gasteiger partial charge in [-0.2, -0.15) is 0 Å². The lowest BCUT2D eigenvalue weighted by molar-refractivity contribution is -0.151. The highest BCUT2D eigenvalue weighted by Crippen LogP contribution is 2.34. The number of ether oxygens (including phenoxy) is 1. The SMILES string of the molecule is O=C(O)C1CCCOC1c1ccc(C(F)F)cc1. The molecule has 2 rings (SSSR count). The van der Waals surface area contributed by atoms with Crippen LogP contribution in [0.4, 0.5) is 8.78 Å². The van der Waals surface area contributed by atoms with Gasteiger partial charge < -0.3 is 9.84 Å². The summed E-state index contributed by atoms with van der Waals surface area (Å²) in [5, 5.41) is 9.11. The number of rotatable bonds is 3. The predicted molar refractivity (Wildman–Crippen MR) is 60.5 cm³/mol. The molecule has 0 bridgehead atoms. The van der Waals surface area contributed by atoms with E-state index in [1.54, 1.807) is 0 Å². The molecular formula is C13H14F2O3. The first-order chi connectivity index (χ1) is 8.59. The molecule has 0 saturated carbocycles. The van der Waals surface area contributed by atoms with Crippen LogP contribution in [0.2, 0.25) is 0 Å². The lowest BCUT2D eigenvalue weighted by Crippen LogP contribution is -2.28. The van der Waals surface area contributed by atoms with Gasteiger partial charge in [0.05, 0.1) is 12.0 Å². The molecule has 0 amide bonds. The quantitative estimate of drug-likeness (QED) is 0.903. The van der Waals surface area contributed by atoms with Gasteiger partial charge >= 0.3 is 5.97 Å². The smallest absolute Gasteiger partial charge is 0.309 e. The molecule has 1 aromatic rings. The molecular weight excluding hydrogens is 242 g/mol. The van der Waals surface area contributed by atoms with Crippen molar-refractivity contribution in [2.45, 2.75) is 25.4 Å². The molecule has 2 unspecified atom stereocenters. The molecule has 0 aliphatic carbocycles. The Morgan fingerprint density at radius 3 is 2.56 bits per heavy atom. The molecule has 3 nitrogen and oxygen atoms in total. The van der Waals surface area contributed by atoms with Crippen LogP contribution in [-0.2, 0) is 9.53 Å². The Balaban J connectivity index is 2.20. The fourth-order valence-corrected chi connectivity index (χ4v) is 2.19. The summed E-state index contributed by atoms with van der Waals surface area (Å²) in [4.78, 5) is 11.1. The van der Waals surface area contributed by atoms with Crippen LogP contribution in [0.25, 0.3) is 0 Å². The minimum atomic E-state index is -2.51. The van der Waals surface area contributed by atoms with Crippen LogP contribution in [0, 0.1) is 5.92 Å². The van der Waals surface area contributed by atoms with Crippen molar-refractivity contribution in [3.63, 3.8) is 0 Å². The maximum absolute atomic E-state index is 12.4. The highest BCUT2D eigenvalue weighted by atomic mass is 19.3. The lowest BCUT2D eigenvalue weighted by Gasteiger charge is -2.29. The second kappa shape index (κ2) is 5.44. The van der Waals surface area contributed by atoms with Crippen molar-refractivity contribution in [2.75, 3.05) is 6.61 Å². The molecule has 0 aromatic heterocycles. The zero-order chi connectivity index (χ0) is 13.1. The molecule has 0 spiro atoms. The third-order valence-corrected chi connectivity index (χ3v) is 3.16. The van der Waals surface area contributed by atoms with Gasteiger partial charge in [-0.3, -0.25) is 4.79 Å². The Labute approximate surface area is 103 Å². The van der Waals surface area contributed by atoms with Gasteiger partial charge in [-0.25, -0.2) is 8.78 Å². The van der Waals surface area contributed by atoms with Crippen LogP contribution in [0.15, 0.2) is 24.3 Å². The number of benzene rings is 1. The van der Waals surface area contributed by atoms with Crippen molar-refractivity contribution >= 4 is 5.97 Å². The predicted octanol–water partition coefficient (Wildman–Crippen LogP) is 3.18. The molecule has 5 heteroatoms. The topological polar surface area (TPSA) is 46.5 Å². The maximum Gasteiger partial charge on any atom is 0.309 e. The molecule has 98 valence electrons. The summed E-state index contributed by atoms with van der Waals surface area (Å²) in [5.74, 6) is -1.51. The molecule has 18 heavy (non-hydrogen) atoms. The first-order valence-corrected chi connectivity index (χ1v) is 5.82. The Morgan fingerprint density at radius 2 is 2.00 bits per heavy atom. The van der Waals surface area contributed by atoms with Gasteiger partial charge in [-0.1, -0.05) is 24.3 Å². The minimum absolute atomic E-state index is 0.0681. The third kappa shape index (κ3) is 2.67. The summed E-state index contributed by atoms with van der Waals surface area (Å²) in [5.41, 5.74) is 0.577. The van der Waals surface area contributed by atoms with Crippen molar-refractivity contribution in [3.05, 3.63) is 35.4 Å². The van der Waals surface area contributed by atoms with Gasteiger partial charge in [0.1, 0.15) is 0 Å². The monoisotopic (exact) mass is 256 g/mol. The summed E-state index contributed by atoms with van der Waals surface area (Å²) >= 11 is 0. The molecule has 0 radical (unpaired) electrons. The second-order valence-corrected chi connectivity index (χ2v) is 4.35. The Hall–Kier alpha value is -1.49. The van der Waals surface area contributed by atoms with E-state index >= 15 is 0 Å². The summed E-state index contributed by atoms with van der Waals surface area (Å²) in [7, 11) is 0. The van der Waals surface area contributed by atoms with E-state index in [9.17, 15) is 13.6 Å². The molecule has 1 fully saturated rings. The minimum Gasteiger partial charge on any atom is -0.481 e. The number of aliphatic carboxylic acids is 1. The average Bonchev–Trinajstić information content (AvgIpc) is 2.39. The summed E-state index contributed by atoms with van der Waals surface area (Å²) in [6.45, 7) is 0.505. The molecule has 1 N–H and O–H groups in total. The first kappa shape index (κ1) is 13.0. The molecule has 1 heterocycles. The van der Waals surface area contributed by atoms with Crippen LogP contribution in [-0.4, -0.2) is 17.7 Å². The van der Waals surface area contributed by atoms with Gasteiger partial charge in [0.15, 0.2) is 0 Å². The van der Waals surface area contributed by atoms with E-state index in [0.717, 1.165) is 0 Å². The molecule has 1 aliphatic rings. The maximum atomic E-state index is 12.4. The van der Waals surface area contributed by atoms with Gasteiger partial charge in [0.2, 0.25) is 0 Å². The number of carboxylic acids is 1. The number of carbonyl (C=O) groups is 1. The van der Waals surface area contributed by atoms with Crippen molar-refractivity contribution < 1.29 is 23.4 Å². The number of hydrogen-bond donors (Lipinski definition) is 1. The summed E-state index contributed by atoms with van der Waals surface area (Å²) in [6.07, 6.45) is -1.79. The summed E-state index contributed by atoms with van der Waals surface area (Å²) in [6, 6.07) is 5.68. The molecule has 2 atom stereocenters. The Bertz CT molecular complexity index is 417. The van der Waals surface area contributed by atoms with Crippen molar-refractivity contribution in [3.8, 4) is 0 Å². The van der Waals surface area contributed by atoms with E-state index in [-0.39, 0.29) is 5.56 Å². The summed E-state index contributed by atoms with van der Waals surface area (Å²) < 4.78 is 30.3. The lowest BCUT2D eigenvalue weighted by atomic mass is 9.89. The van der Waals surface area contributed by atoms with E-state index in [1.807, 2.05) is 0 Å². The van der Waals surface area contributed by atoms with Crippen LogP contribution in [0.1, 0.15) is 36.5 Å². The zero-order valence-electron chi connectivity index (χ0n) is 9.68. The molecule has 1 aliphatic heterocycles. The third-order valence-electron chi connectivity index (χ3n) is 3.16. The van der Waals surface area contributed by atoms with Crippen LogP contribution in [0.3, 0.4) is 0 Å². The fraction of sp³-hybridized carbons (Fsp3) is 0.462. The largest absolute Gasteiger partial charge is 0.481 e. The van der Waals surface area contributed by atoms with Crippen LogP contribution < -0.4 is 0 Å². The van der Waals surface area contributed by atoms with E-state index in [2.05, 4.69) is 0 Å². The van der Waals surface area contributed by atoms with E-state index in [4.69, 9.17) is 9.84 Å². The van der Waals surface area contributed by atoms with Gasteiger partial charge in [0, 0.05) is 12.2 Å². The zero-order valence-corrected chi connectivity index (χ0v) is 9.68. The van der Waals surface area contributed by atoms with Crippen LogP contribution in [0.5, 0.6) is 0 Å². The average molecular weight is 256 g/mol. The van der Waals surface area contributed by atoms with Crippen LogP contribution >= 0.6 is 0 Å². The highest BCUT2D eigenvalue weighted by molar-refractivity contribution is 5.71. The van der Waals surface area contributed by atoms with E-state index < -0.39 is 24.4 Å². The number of carboxylic acid groups (broad SMARTS) is 1. The van der Waals surface area contributed by atoms with Crippen molar-refractivity contribution in [2.24, 2.45) is 5.92 Å². The number of alkyl halides is 2.